The Bertz CT molecular complexity index is 902. The third-order valence-corrected chi connectivity index (χ3v) is 5.86. The van der Waals surface area contributed by atoms with Crippen molar-refractivity contribution in [3.05, 3.63) is 45.9 Å². The molecule has 0 fully saturated rings. The lowest BCUT2D eigenvalue weighted by atomic mass is 10.2. The minimum atomic E-state index is -0.840. The van der Waals surface area contributed by atoms with Crippen LogP contribution in [0.4, 0.5) is 14.5 Å². The molecule has 132 valence electrons. The number of hydrogen-bond acceptors (Lipinski definition) is 5. The van der Waals surface area contributed by atoms with Crippen LogP contribution in [0.2, 0.25) is 0 Å². The molecule has 2 aromatic rings. The maximum Gasteiger partial charge on any atom is 0.267 e. The maximum absolute atomic E-state index is 13.6. The van der Waals surface area contributed by atoms with Crippen LogP contribution >= 0.6 is 23.5 Å². The lowest BCUT2D eigenvalue weighted by molar-refractivity contribution is -0.113. The molecular weight excluding hydrogens is 368 g/mol. The fourth-order valence-corrected chi connectivity index (χ4v) is 4.34. The Hall–Kier alpha value is -1.87. The molecule has 1 aromatic heterocycles. The quantitative estimate of drug-likeness (QED) is 0.650. The maximum atomic E-state index is 13.6. The first kappa shape index (κ1) is 17.9. The Morgan fingerprint density at radius 2 is 2.24 bits per heavy atom. The smallest absolute Gasteiger partial charge is 0.267 e. The van der Waals surface area contributed by atoms with Crippen molar-refractivity contribution in [1.82, 2.24) is 9.55 Å². The van der Waals surface area contributed by atoms with Crippen LogP contribution in [-0.2, 0) is 18.3 Å². The summed E-state index contributed by atoms with van der Waals surface area (Å²) in [7, 11) is 1.61. The van der Waals surface area contributed by atoms with Gasteiger partial charge in [0.05, 0.1) is 22.0 Å². The minimum absolute atomic E-state index is 0.0431. The lowest BCUT2D eigenvalue weighted by Crippen LogP contribution is -2.23. The van der Waals surface area contributed by atoms with Crippen LogP contribution in [-0.4, -0.2) is 26.5 Å². The Morgan fingerprint density at radius 3 is 2.96 bits per heavy atom. The number of thioether (sulfide) groups is 2. The van der Waals surface area contributed by atoms with Crippen molar-refractivity contribution in [2.45, 2.75) is 28.6 Å². The number of nitrogens with zero attached hydrogens (tertiary/aromatic N) is 2. The van der Waals surface area contributed by atoms with E-state index in [2.05, 4.69) is 10.3 Å². The number of benzene rings is 1. The molecule has 1 amide bonds. The number of rotatable bonds is 4. The second-order valence-electron chi connectivity index (χ2n) is 5.63. The van der Waals surface area contributed by atoms with Crippen LogP contribution in [0.25, 0.3) is 0 Å². The zero-order valence-corrected chi connectivity index (χ0v) is 15.1. The monoisotopic (exact) mass is 383 g/mol. The van der Waals surface area contributed by atoms with Gasteiger partial charge in [-0.05, 0) is 12.1 Å². The molecule has 5 nitrogen and oxygen atoms in total. The Balaban J connectivity index is 1.70. The molecule has 0 spiro atoms. The Labute approximate surface area is 151 Å². The van der Waals surface area contributed by atoms with E-state index in [4.69, 9.17) is 0 Å². The first-order valence-corrected chi connectivity index (χ1v) is 9.36. The lowest BCUT2D eigenvalue weighted by Gasteiger charge is -2.10. The fourth-order valence-electron chi connectivity index (χ4n) is 2.41. The van der Waals surface area contributed by atoms with Crippen molar-refractivity contribution in [1.29, 1.82) is 0 Å². The summed E-state index contributed by atoms with van der Waals surface area (Å²) in [6.45, 7) is 2.03. The third-order valence-electron chi connectivity index (χ3n) is 3.62. The fraction of sp³-hybridized carbons (Fsp3) is 0.312. The number of aromatic nitrogens is 2. The normalized spacial score (nSPS) is 15.9. The van der Waals surface area contributed by atoms with Gasteiger partial charge in [-0.2, -0.15) is 0 Å². The summed E-state index contributed by atoms with van der Waals surface area (Å²) < 4.78 is 27.8. The zero-order chi connectivity index (χ0) is 18.1. The summed E-state index contributed by atoms with van der Waals surface area (Å²) in [5.41, 5.74) is 0.549. The van der Waals surface area contributed by atoms with Gasteiger partial charge in [0, 0.05) is 24.8 Å². The van der Waals surface area contributed by atoms with Crippen LogP contribution in [0.5, 0.6) is 0 Å². The summed E-state index contributed by atoms with van der Waals surface area (Å²) in [4.78, 5) is 29.5. The van der Waals surface area contributed by atoms with E-state index in [0.29, 0.717) is 21.4 Å². The molecule has 0 saturated carbocycles. The number of carbonyl (C=O) groups excluding carboxylic acids is 1. The predicted octanol–water partition coefficient (Wildman–Crippen LogP) is 2.83. The number of halogens is 2. The van der Waals surface area contributed by atoms with Gasteiger partial charge < -0.3 is 5.32 Å². The van der Waals surface area contributed by atoms with Gasteiger partial charge in [-0.3, -0.25) is 14.2 Å². The molecule has 3 rings (SSSR count). The van der Waals surface area contributed by atoms with Crippen molar-refractivity contribution in [3.63, 3.8) is 0 Å². The molecule has 1 aliphatic rings. The van der Waals surface area contributed by atoms with Gasteiger partial charge in [-0.15, -0.1) is 11.8 Å². The zero-order valence-electron chi connectivity index (χ0n) is 13.5. The standard InChI is InChI=1S/C16H15F2N3O2S2/c1-8-5-12-14(25-8)15(23)21(2)16(20-12)24-7-13(22)19-11-4-3-9(17)6-10(11)18/h3-4,6,8H,5,7H2,1-2H3,(H,19,22)/t8-/m1/s1. The third kappa shape index (κ3) is 3.87. The molecule has 1 N–H and O–H groups in total. The average Bonchev–Trinajstić information content (AvgIpc) is 2.93. The van der Waals surface area contributed by atoms with Crippen LogP contribution in [0.1, 0.15) is 12.6 Å². The summed E-state index contributed by atoms with van der Waals surface area (Å²) in [5.74, 6) is -2.06. The Morgan fingerprint density at radius 1 is 1.48 bits per heavy atom. The first-order valence-electron chi connectivity index (χ1n) is 7.49. The number of nitrogens with one attached hydrogen (secondary N) is 1. The molecule has 0 unspecified atom stereocenters. The molecule has 2 heterocycles. The molecular formula is C16H15F2N3O2S2. The SMILES string of the molecule is C[C@@H]1Cc2nc(SCC(=O)Nc3ccc(F)cc3F)n(C)c(=O)c2S1. The van der Waals surface area contributed by atoms with Crippen LogP contribution in [0.15, 0.2) is 33.0 Å². The minimum Gasteiger partial charge on any atom is -0.323 e. The molecule has 0 radical (unpaired) electrons. The van der Waals surface area contributed by atoms with Crippen molar-refractivity contribution in [3.8, 4) is 0 Å². The van der Waals surface area contributed by atoms with Crippen molar-refractivity contribution < 1.29 is 13.6 Å². The van der Waals surface area contributed by atoms with Crippen molar-refractivity contribution in [2.24, 2.45) is 7.05 Å². The van der Waals surface area contributed by atoms with E-state index >= 15 is 0 Å². The summed E-state index contributed by atoms with van der Waals surface area (Å²) in [6.07, 6.45) is 0.719. The molecule has 9 heteroatoms. The number of amides is 1. The van der Waals surface area contributed by atoms with Crippen LogP contribution in [0.3, 0.4) is 0 Å². The largest absolute Gasteiger partial charge is 0.323 e. The number of hydrogen-bond donors (Lipinski definition) is 1. The Kier molecular flexibility index (Phi) is 5.14. The van der Waals surface area contributed by atoms with Gasteiger partial charge in [0.15, 0.2) is 5.16 Å². The predicted molar refractivity (Wildman–Crippen MR) is 94.2 cm³/mol. The van der Waals surface area contributed by atoms with E-state index in [1.54, 1.807) is 7.05 Å². The molecule has 1 aliphatic heterocycles. The molecule has 25 heavy (non-hydrogen) atoms. The van der Waals surface area contributed by atoms with Crippen LogP contribution < -0.4 is 10.9 Å². The number of anilines is 1. The summed E-state index contributed by atoms with van der Waals surface area (Å²) in [5, 5.41) is 3.12. The van der Waals surface area contributed by atoms with Crippen molar-refractivity contribution >= 4 is 35.1 Å². The highest BCUT2D eigenvalue weighted by Gasteiger charge is 2.25. The first-order chi connectivity index (χ1) is 11.8. The van der Waals surface area contributed by atoms with Gasteiger partial charge >= 0.3 is 0 Å². The van der Waals surface area contributed by atoms with E-state index < -0.39 is 17.5 Å². The molecule has 1 atom stereocenters. The van der Waals surface area contributed by atoms with Crippen molar-refractivity contribution in [2.75, 3.05) is 11.1 Å². The highest BCUT2D eigenvalue weighted by Crippen LogP contribution is 2.33. The number of fused-ring (bicyclic) bond motifs is 1. The van der Waals surface area contributed by atoms with Gasteiger partial charge in [-0.25, -0.2) is 13.8 Å². The highest BCUT2D eigenvalue weighted by molar-refractivity contribution is 8.00. The number of carbonyl (C=O) groups is 1. The average molecular weight is 383 g/mol. The van der Waals surface area contributed by atoms with Gasteiger partial charge in [0.2, 0.25) is 5.91 Å². The molecule has 0 aliphatic carbocycles. The highest BCUT2D eigenvalue weighted by atomic mass is 32.2. The second kappa shape index (κ2) is 7.17. The molecule has 1 aromatic carbocycles. The van der Waals surface area contributed by atoms with E-state index in [9.17, 15) is 18.4 Å². The topological polar surface area (TPSA) is 64.0 Å². The second-order valence-corrected chi connectivity index (χ2v) is 8.02. The van der Waals surface area contributed by atoms with Gasteiger partial charge in [-0.1, -0.05) is 18.7 Å². The van der Waals surface area contributed by atoms with E-state index in [1.165, 1.54) is 16.3 Å². The summed E-state index contributed by atoms with van der Waals surface area (Å²) >= 11 is 2.61. The van der Waals surface area contributed by atoms with Crippen LogP contribution in [0, 0.1) is 11.6 Å². The van der Waals surface area contributed by atoms with E-state index in [0.717, 1.165) is 36.0 Å². The van der Waals surface area contributed by atoms with E-state index in [1.807, 2.05) is 6.92 Å². The van der Waals surface area contributed by atoms with Gasteiger partial charge in [0.25, 0.3) is 5.56 Å². The molecule has 0 bridgehead atoms. The summed E-state index contributed by atoms with van der Waals surface area (Å²) in [6, 6.07) is 2.93. The van der Waals surface area contributed by atoms with Gasteiger partial charge in [0.1, 0.15) is 11.6 Å². The van der Waals surface area contributed by atoms with E-state index in [-0.39, 0.29) is 17.0 Å². The molecule has 0 saturated heterocycles.